The Labute approximate surface area is 73.7 Å². The van der Waals surface area contributed by atoms with Crippen molar-refractivity contribution in [2.75, 3.05) is 0 Å². The summed E-state index contributed by atoms with van der Waals surface area (Å²) >= 11 is 0. The van der Waals surface area contributed by atoms with Crippen LogP contribution in [0.3, 0.4) is 0 Å². The number of amides is 1. The Balaban J connectivity index is 2.28. The summed E-state index contributed by atoms with van der Waals surface area (Å²) in [6.07, 6.45) is 1.11. The molecule has 0 aliphatic heterocycles. The van der Waals surface area contributed by atoms with E-state index in [1.165, 1.54) is 0 Å². The Hall–Kier alpha value is -0.570. The zero-order valence-corrected chi connectivity index (χ0v) is 8.00. The molecule has 1 fully saturated rings. The zero-order chi connectivity index (χ0) is 9.30. The summed E-state index contributed by atoms with van der Waals surface area (Å²) in [6, 6.07) is 0.0418. The van der Waals surface area contributed by atoms with Crippen LogP contribution in [0.5, 0.6) is 0 Å². The molecule has 0 aromatic carbocycles. The second kappa shape index (κ2) is 3.44. The van der Waals surface area contributed by atoms with Gasteiger partial charge in [0.15, 0.2) is 0 Å². The minimum Gasteiger partial charge on any atom is -0.352 e. The normalized spacial score (nSPS) is 30.1. The Bertz CT molecular complexity index is 179. The standard InChI is InChI=1S/C9H18N2O/c1-5(2)8(10)9(12)11-7-4-6(7)3/h5-8H,4,10H2,1-3H3,(H,11,12)/t6?,7?,8-/m0/s1. The predicted molar refractivity (Wildman–Crippen MR) is 48.5 cm³/mol. The van der Waals surface area contributed by atoms with Crippen molar-refractivity contribution in [1.29, 1.82) is 0 Å². The average molecular weight is 170 g/mol. The van der Waals surface area contributed by atoms with Crippen LogP contribution in [0.25, 0.3) is 0 Å². The quantitative estimate of drug-likeness (QED) is 0.648. The van der Waals surface area contributed by atoms with E-state index in [2.05, 4.69) is 12.2 Å². The van der Waals surface area contributed by atoms with Crippen LogP contribution in [0.4, 0.5) is 0 Å². The molecule has 70 valence electrons. The molecule has 0 radical (unpaired) electrons. The van der Waals surface area contributed by atoms with Crippen molar-refractivity contribution >= 4 is 5.91 Å². The number of hydrogen-bond donors (Lipinski definition) is 2. The minimum atomic E-state index is -0.349. The summed E-state index contributed by atoms with van der Waals surface area (Å²) in [4.78, 5) is 11.3. The lowest BCUT2D eigenvalue weighted by Crippen LogP contribution is -2.45. The van der Waals surface area contributed by atoms with E-state index >= 15 is 0 Å². The number of carbonyl (C=O) groups is 1. The van der Waals surface area contributed by atoms with E-state index in [1.807, 2.05) is 13.8 Å². The van der Waals surface area contributed by atoms with Gasteiger partial charge in [0.05, 0.1) is 6.04 Å². The fourth-order valence-electron chi connectivity index (χ4n) is 1.10. The molecule has 1 aliphatic carbocycles. The van der Waals surface area contributed by atoms with Crippen LogP contribution in [0, 0.1) is 11.8 Å². The highest BCUT2D eigenvalue weighted by Gasteiger charge is 2.35. The lowest BCUT2D eigenvalue weighted by molar-refractivity contribution is -0.123. The van der Waals surface area contributed by atoms with Crippen LogP contribution in [-0.4, -0.2) is 18.0 Å². The van der Waals surface area contributed by atoms with Gasteiger partial charge in [-0.05, 0) is 18.3 Å². The van der Waals surface area contributed by atoms with Crippen LogP contribution in [0.15, 0.2) is 0 Å². The molecule has 12 heavy (non-hydrogen) atoms. The lowest BCUT2D eigenvalue weighted by atomic mass is 10.1. The molecule has 1 rings (SSSR count). The van der Waals surface area contributed by atoms with Gasteiger partial charge < -0.3 is 11.1 Å². The Kier molecular flexibility index (Phi) is 2.73. The molecule has 0 spiro atoms. The number of hydrogen-bond acceptors (Lipinski definition) is 2. The van der Waals surface area contributed by atoms with E-state index in [9.17, 15) is 4.79 Å². The van der Waals surface area contributed by atoms with Crippen molar-refractivity contribution in [2.24, 2.45) is 17.6 Å². The maximum absolute atomic E-state index is 11.3. The lowest BCUT2D eigenvalue weighted by Gasteiger charge is -2.14. The summed E-state index contributed by atoms with van der Waals surface area (Å²) in [5.74, 6) is 0.867. The fraction of sp³-hybridized carbons (Fsp3) is 0.889. The van der Waals surface area contributed by atoms with E-state index in [0.717, 1.165) is 6.42 Å². The third-order valence-electron chi connectivity index (χ3n) is 2.46. The van der Waals surface area contributed by atoms with Crippen molar-refractivity contribution in [3.05, 3.63) is 0 Å². The zero-order valence-electron chi connectivity index (χ0n) is 8.00. The molecule has 1 saturated carbocycles. The molecule has 0 aromatic heterocycles. The van der Waals surface area contributed by atoms with Gasteiger partial charge in [-0.3, -0.25) is 4.79 Å². The van der Waals surface area contributed by atoms with Gasteiger partial charge in [-0.2, -0.15) is 0 Å². The SMILES string of the molecule is CC1CC1NC(=O)[C@@H](N)C(C)C. The van der Waals surface area contributed by atoms with E-state index in [-0.39, 0.29) is 17.9 Å². The predicted octanol–water partition coefficient (Wildman–Crippen LogP) is 0.494. The summed E-state index contributed by atoms with van der Waals surface area (Å²) < 4.78 is 0. The summed E-state index contributed by atoms with van der Waals surface area (Å²) in [5.41, 5.74) is 5.67. The molecule has 0 aromatic rings. The van der Waals surface area contributed by atoms with Crippen LogP contribution in [-0.2, 0) is 4.79 Å². The molecule has 1 amide bonds. The molecule has 3 atom stereocenters. The highest BCUT2D eigenvalue weighted by atomic mass is 16.2. The first-order chi connectivity index (χ1) is 5.52. The number of nitrogens with one attached hydrogen (secondary N) is 1. The molecular weight excluding hydrogens is 152 g/mol. The summed E-state index contributed by atoms with van der Waals surface area (Å²) in [6.45, 7) is 6.05. The molecule has 0 saturated heterocycles. The maximum atomic E-state index is 11.3. The van der Waals surface area contributed by atoms with Gasteiger partial charge in [-0.25, -0.2) is 0 Å². The third-order valence-corrected chi connectivity index (χ3v) is 2.46. The van der Waals surface area contributed by atoms with Gasteiger partial charge in [0, 0.05) is 6.04 Å². The number of rotatable bonds is 3. The molecule has 3 N–H and O–H groups in total. The number of carbonyl (C=O) groups excluding carboxylic acids is 1. The van der Waals surface area contributed by atoms with Gasteiger partial charge in [-0.1, -0.05) is 20.8 Å². The highest BCUT2D eigenvalue weighted by molar-refractivity contribution is 5.82. The van der Waals surface area contributed by atoms with Crippen LogP contribution in [0.1, 0.15) is 27.2 Å². The molecule has 0 bridgehead atoms. The molecule has 3 heteroatoms. The van der Waals surface area contributed by atoms with Crippen LogP contribution >= 0.6 is 0 Å². The molecule has 1 aliphatic rings. The van der Waals surface area contributed by atoms with Gasteiger partial charge in [0.1, 0.15) is 0 Å². The largest absolute Gasteiger partial charge is 0.352 e. The molecule has 3 nitrogen and oxygen atoms in total. The van der Waals surface area contributed by atoms with Crippen LogP contribution < -0.4 is 11.1 Å². The number of nitrogens with two attached hydrogens (primary N) is 1. The van der Waals surface area contributed by atoms with Gasteiger partial charge in [0.25, 0.3) is 0 Å². The van der Waals surface area contributed by atoms with E-state index in [4.69, 9.17) is 5.73 Å². The van der Waals surface area contributed by atoms with Crippen molar-refractivity contribution < 1.29 is 4.79 Å². The first-order valence-electron chi connectivity index (χ1n) is 4.58. The van der Waals surface area contributed by atoms with E-state index in [0.29, 0.717) is 12.0 Å². The topological polar surface area (TPSA) is 55.1 Å². The Morgan fingerprint density at radius 1 is 1.58 bits per heavy atom. The molecule has 0 heterocycles. The monoisotopic (exact) mass is 170 g/mol. The fourth-order valence-corrected chi connectivity index (χ4v) is 1.10. The van der Waals surface area contributed by atoms with Crippen LogP contribution in [0.2, 0.25) is 0 Å². The first-order valence-corrected chi connectivity index (χ1v) is 4.58. The van der Waals surface area contributed by atoms with E-state index in [1.54, 1.807) is 0 Å². The second-order valence-electron chi connectivity index (χ2n) is 4.10. The second-order valence-corrected chi connectivity index (χ2v) is 4.10. The smallest absolute Gasteiger partial charge is 0.237 e. The van der Waals surface area contributed by atoms with Gasteiger partial charge in [-0.15, -0.1) is 0 Å². The molecule has 2 unspecified atom stereocenters. The van der Waals surface area contributed by atoms with Crippen molar-refractivity contribution in [3.63, 3.8) is 0 Å². The Morgan fingerprint density at radius 2 is 2.08 bits per heavy atom. The van der Waals surface area contributed by atoms with Crippen molar-refractivity contribution in [2.45, 2.75) is 39.3 Å². The maximum Gasteiger partial charge on any atom is 0.237 e. The van der Waals surface area contributed by atoms with Crippen molar-refractivity contribution in [3.8, 4) is 0 Å². The minimum absolute atomic E-state index is 0.000602. The first kappa shape index (κ1) is 9.52. The van der Waals surface area contributed by atoms with Gasteiger partial charge in [0.2, 0.25) is 5.91 Å². The molecular formula is C9H18N2O. The van der Waals surface area contributed by atoms with Crippen molar-refractivity contribution in [1.82, 2.24) is 5.32 Å². The van der Waals surface area contributed by atoms with E-state index < -0.39 is 0 Å². The third kappa shape index (κ3) is 2.21. The van der Waals surface area contributed by atoms with Gasteiger partial charge >= 0.3 is 0 Å². The highest BCUT2D eigenvalue weighted by Crippen LogP contribution is 2.28. The average Bonchev–Trinajstić information content (AvgIpc) is 2.64. The Morgan fingerprint density at radius 3 is 2.42 bits per heavy atom. The summed E-state index contributed by atoms with van der Waals surface area (Å²) in [7, 11) is 0. The summed E-state index contributed by atoms with van der Waals surface area (Å²) in [5, 5.41) is 2.92.